The zero-order chi connectivity index (χ0) is 27.6. The molecule has 0 saturated heterocycles. The third-order valence-electron chi connectivity index (χ3n) is 5.38. The molecule has 0 aliphatic rings. The van der Waals surface area contributed by atoms with E-state index in [2.05, 4.69) is 41.1 Å². The van der Waals surface area contributed by atoms with E-state index in [-0.39, 0.29) is 40.0 Å². The van der Waals surface area contributed by atoms with Crippen molar-refractivity contribution in [2.75, 3.05) is 5.32 Å². The number of hydrogen-bond acceptors (Lipinski definition) is 7. The van der Waals surface area contributed by atoms with Gasteiger partial charge in [0.15, 0.2) is 11.5 Å². The lowest BCUT2D eigenvalue weighted by molar-refractivity contribution is 0.0920. The number of amides is 2. The minimum Gasteiger partial charge on any atom is -0.347 e. The molecule has 0 saturated carbocycles. The van der Waals surface area contributed by atoms with Crippen molar-refractivity contribution in [2.45, 2.75) is 46.7 Å². The lowest BCUT2D eigenvalue weighted by Crippen LogP contribution is -2.41. The Kier molecular flexibility index (Phi) is 7.23. The lowest BCUT2D eigenvalue weighted by atomic mass is 10.0. The Morgan fingerprint density at radius 3 is 2.55 bits per heavy atom. The van der Waals surface area contributed by atoms with E-state index >= 15 is 0 Å². The van der Waals surface area contributed by atoms with Gasteiger partial charge in [-0.2, -0.15) is 5.10 Å². The predicted molar refractivity (Wildman–Crippen MR) is 141 cm³/mol. The van der Waals surface area contributed by atoms with Crippen LogP contribution in [0.5, 0.6) is 0 Å². The molecule has 2 amide bonds. The molecular weight excluding hydrogens is 508 g/mol. The maximum Gasteiger partial charge on any atom is 0.274 e. The molecule has 0 unspecified atom stereocenters. The first-order valence-corrected chi connectivity index (χ1v) is 11.9. The van der Waals surface area contributed by atoms with Crippen LogP contribution in [0.2, 0.25) is 5.02 Å². The number of hydrogen-bond donors (Lipinski definition) is 2. The molecule has 3 aromatic heterocycles. The average molecular weight is 533 g/mol. The van der Waals surface area contributed by atoms with E-state index in [9.17, 15) is 9.59 Å². The van der Waals surface area contributed by atoms with Gasteiger partial charge in [0.1, 0.15) is 11.5 Å². The van der Waals surface area contributed by atoms with Gasteiger partial charge in [-0.25, -0.2) is 19.2 Å². The number of aromatic nitrogens is 7. The summed E-state index contributed by atoms with van der Waals surface area (Å²) in [6, 6.07) is 7.95. The van der Waals surface area contributed by atoms with Crippen LogP contribution in [0.15, 0.2) is 36.5 Å². The molecule has 0 bridgehead atoms. The molecule has 4 rings (SSSR count). The third kappa shape index (κ3) is 5.68. The van der Waals surface area contributed by atoms with Gasteiger partial charge in [0, 0.05) is 11.7 Å². The zero-order valence-electron chi connectivity index (χ0n) is 21.4. The Labute approximate surface area is 223 Å². The molecule has 1 aromatic carbocycles. The highest BCUT2D eigenvalue weighted by molar-refractivity contribution is 6.32. The van der Waals surface area contributed by atoms with E-state index in [0.717, 1.165) is 0 Å². The molecule has 0 aliphatic carbocycles. The predicted octanol–water partition coefficient (Wildman–Crippen LogP) is 3.90. The van der Waals surface area contributed by atoms with E-state index in [1.807, 2.05) is 20.8 Å². The quantitative estimate of drug-likeness (QED) is 0.359. The molecule has 13 heteroatoms. The molecule has 3 heterocycles. The minimum absolute atomic E-state index is 0.127. The second-order valence-corrected chi connectivity index (χ2v) is 9.99. The topological polar surface area (TPSA) is 137 Å². The molecule has 4 aromatic rings. The zero-order valence-corrected chi connectivity index (χ0v) is 22.2. The van der Waals surface area contributed by atoms with Gasteiger partial charge in [-0.1, -0.05) is 17.7 Å². The van der Waals surface area contributed by atoms with Crippen molar-refractivity contribution in [3.05, 3.63) is 81.3 Å². The summed E-state index contributed by atoms with van der Waals surface area (Å²) >= 11 is 6.39. The van der Waals surface area contributed by atoms with Crippen LogP contribution < -0.4 is 10.6 Å². The molecular formula is C25H25ClN10O2. The molecule has 0 spiro atoms. The van der Waals surface area contributed by atoms with E-state index in [1.54, 1.807) is 38.1 Å². The first-order chi connectivity index (χ1) is 18.0. The summed E-state index contributed by atoms with van der Waals surface area (Å²) < 4.78 is 2.88. The number of rotatable bonds is 6. The number of nitrogens with zero attached hydrogens (tertiary/aromatic N) is 8. The monoisotopic (exact) mass is 532 g/mol. The van der Waals surface area contributed by atoms with Crippen LogP contribution in [0.25, 0.3) is 10.7 Å². The highest BCUT2D eigenvalue weighted by Gasteiger charge is 2.24. The minimum atomic E-state index is -0.553. The fraction of sp³-hybridized carbons (Fsp3) is 0.280. The summed E-state index contributed by atoms with van der Waals surface area (Å²) in [4.78, 5) is 34.6. The van der Waals surface area contributed by atoms with Crippen molar-refractivity contribution in [3.8, 4) is 5.82 Å². The highest BCUT2D eigenvalue weighted by Crippen LogP contribution is 2.29. The fourth-order valence-corrected chi connectivity index (χ4v) is 3.88. The number of pyridine rings is 1. The molecule has 0 radical (unpaired) electrons. The molecule has 0 fully saturated rings. The van der Waals surface area contributed by atoms with Crippen molar-refractivity contribution < 1.29 is 9.59 Å². The van der Waals surface area contributed by atoms with Crippen molar-refractivity contribution >= 4 is 34.8 Å². The van der Waals surface area contributed by atoms with Crippen LogP contribution in [0.1, 0.15) is 58.7 Å². The summed E-state index contributed by atoms with van der Waals surface area (Å²) in [5.74, 6) is -0.142. The van der Waals surface area contributed by atoms with E-state index < -0.39 is 17.4 Å². The second kappa shape index (κ2) is 10.4. The molecule has 38 heavy (non-hydrogen) atoms. The lowest BCUT2D eigenvalue weighted by Gasteiger charge is -2.22. The van der Waals surface area contributed by atoms with Crippen LogP contribution in [-0.2, 0) is 6.54 Å². The normalized spacial score (nSPS) is 11.2. The standard InChI is InChI=1S/C25H25ClN10O2/c1-14-10-16(27-6)11-18(23(37)30-25(3,4)5)21(14)29-24(38)20-12-17(13-35-15(2)31-33-34-35)32-36(20)22-19(26)8-7-9-28-22/h7-12H,13H2,1-5H3,(H,29,38)(H,30,37). The number of anilines is 1. The fourth-order valence-electron chi connectivity index (χ4n) is 3.68. The number of carbonyl (C=O) groups excluding carboxylic acids is 2. The summed E-state index contributed by atoms with van der Waals surface area (Å²) in [7, 11) is 0. The summed E-state index contributed by atoms with van der Waals surface area (Å²) in [5, 5.41) is 22.0. The van der Waals surface area contributed by atoms with Gasteiger partial charge in [-0.3, -0.25) is 9.59 Å². The van der Waals surface area contributed by atoms with Crippen LogP contribution in [0.4, 0.5) is 11.4 Å². The number of tetrazole rings is 1. The van der Waals surface area contributed by atoms with Crippen LogP contribution in [0, 0.1) is 20.4 Å². The van der Waals surface area contributed by atoms with Gasteiger partial charge in [0.25, 0.3) is 11.8 Å². The number of carbonyl (C=O) groups is 2. The largest absolute Gasteiger partial charge is 0.347 e. The van der Waals surface area contributed by atoms with Gasteiger partial charge in [-0.05, 0) is 74.9 Å². The molecule has 0 atom stereocenters. The SMILES string of the molecule is [C-]#[N+]c1cc(C)c(NC(=O)c2cc(Cn3nnnc3C)nn2-c2ncccc2Cl)c(C(=O)NC(C)(C)C)c1. The van der Waals surface area contributed by atoms with Crippen LogP contribution in [-0.4, -0.2) is 52.3 Å². The van der Waals surface area contributed by atoms with E-state index in [0.29, 0.717) is 17.1 Å². The third-order valence-corrected chi connectivity index (χ3v) is 5.67. The maximum atomic E-state index is 13.7. The molecule has 12 nitrogen and oxygen atoms in total. The smallest absolute Gasteiger partial charge is 0.274 e. The molecule has 194 valence electrons. The summed E-state index contributed by atoms with van der Waals surface area (Å²) in [5.41, 5.74) is 1.37. The average Bonchev–Trinajstić information content (AvgIpc) is 3.45. The van der Waals surface area contributed by atoms with Crippen LogP contribution >= 0.6 is 11.6 Å². The van der Waals surface area contributed by atoms with Crippen molar-refractivity contribution in [2.24, 2.45) is 0 Å². The second-order valence-electron chi connectivity index (χ2n) is 9.58. The van der Waals surface area contributed by atoms with Gasteiger partial charge < -0.3 is 10.6 Å². The number of nitrogens with one attached hydrogen (secondary N) is 2. The number of aryl methyl sites for hydroxylation is 2. The Balaban J connectivity index is 1.78. The van der Waals surface area contributed by atoms with Crippen molar-refractivity contribution in [1.29, 1.82) is 0 Å². The van der Waals surface area contributed by atoms with Crippen molar-refractivity contribution in [1.82, 2.24) is 40.3 Å². The number of benzene rings is 1. The van der Waals surface area contributed by atoms with E-state index in [4.69, 9.17) is 18.2 Å². The van der Waals surface area contributed by atoms with Gasteiger partial charge in [-0.15, -0.1) is 5.10 Å². The molecule has 0 aliphatic heterocycles. The first kappa shape index (κ1) is 26.4. The van der Waals surface area contributed by atoms with Gasteiger partial charge in [0.2, 0.25) is 0 Å². The van der Waals surface area contributed by atoms with E-state index in [1.165, 1.54) is 21.6 Å². The highest BCUT2D eigenvalue weighted by atomic mass is 35.5. The number of halogens is 1. The Bertz CT molecular complexity index is 1580. The Morgan fingerprint density at radius 2 is 1.92 bits per heavy atom. The Morgan fingerprint density at radius 1 is 1.16 bits per heavy atom. The van der Waals surface area contributed by atoms with Gasteiger partial charge in [0.05, 0.1) is 35.1 Å². The van der Waals surface area contributed by atoms with Crippen molar-refractivity contribution in [3.63, 3.8) is 0 Å². The summed E-state index contributed by atoms with van der Waals surface area (Å²) in [6.45, 7) is 16.6. The van der Waals surface area contributed by atoms with Crippen LogP contribution in [0.3, 0.4) is 0 Å². The molecule has 2 N–H and O–H groups in total. The first-order valence-electron chi connectivity index (χ1n) is 11.6. The maximum absolute atomic E-state index is 13.7. The summed E-state index contributed by atoms with van der Waals surface area (Å²) in [6.07, 6.45) is 1.54. The Hall–Kier alpha value is -4.63. The van der Waals surface area contributed by atoms with Gasteiger partial charge >= 0.3 is 0 Å².